The highest BCUT2D eigenvalue weighted by Crippen LogP contribution is 2.30. The summed E-state index contributed by atoms with van der Waals surface area (Å²) in [6.07, 6.45) is 0. The van der Waals surface area contributed by atoms with Gasteiger partial charge in [-0.3, -0.25) is 10.1 Å². The topological polar surface area (TPSA) is 108 Å². The van der Waals surface area contributed by atoms with E-state index in [0.29, 0.717) is 17.1 Å². The lowest BCUT2D eigenvalue weighted by molar-refractivity contribution is -0.385. The fourth-order valence-electron chi connectivity index (χ4n) is 2.26. The van der Waals surface area contributed by atoms with E-state index in [1.807, 2.05) is 0 Å². The molecule has 25 heavy (non-hydrogen) atoms. The molecular weight excluding hydrogens is 348 g/mol. The minimum Gasteiger partial charge on any atom is -0.493 e. The zero-order chi connectivity index (χ0) is 18.6. The van der Waals surface area contributed by atoms with Crippen LogP contribution >= 0.6 is 0 Å². The summed E-state index contributed by atoms with van der Waals surface area (Å²) in [5, 5.41) is 10.8. The summed E-state index contributed by atoms with van der Waals surface area (Å²) in [5.74, 6) is 1.00. The average molecular weight is 366 g/mol. The number of hydrogen-bond acceptors (Lipinski definition) is 6. The zero-order valence-electron chi connectivity index (χ0n) is 13.9. The van der Waals surface area contributed by atoms with Crippen LogP contribution in [0.5, 0.6) is 11.5 Å². The Labute approximate surface area is 145 Å². The van der Waals surface area contributed by atoms with Crippen LogP contribution in [0.3, 0.4) is 0 Å². The van der Waals surface area contributed by atoms with Gasteiger partial charge in [0, 0.05) is 18.2 Å². The van der Waals surface area contributed by atoms with Crippen molar-refractivity contribution in [1.82, 2.24) is 4.72 Å². The number of non-ortho nitro benzene ring substituents is 1. The summed E-state index contributed by atoms with van der Waals surface area (Å²) >= 11 is 0. The van der Waals surface area contributed by atoms with Crippen LogP contribution in [0.4, 0.5) is 5.69 Å². The van der Waals surface area contributed by atoms with Crippen LogP contribution in [0.1, 0.15) is 18.5 Å². The third-order valence-corrected chi connectivity index (χ3v) is 5.12. The summed E-state index contributed by atoms with van der Waals surface area (Å²) < 4.78 is 37.8. The first-order valence-electron chi connectivity index (χ1n) is 7.27. The number of nitrogens with zero attached hydrogens (tertiary/aromatic N) is 1. The number of methoxy groups -OCH3 is 2. The molecule has 2 aromatic rings. The molecule has 0 aliphatic carbocycles. The Morgan fingerprint density at radius 2 is 1.76 bits per heavy atom. The van der Waals surface area contributed by atoms with E-state index in [4.69, 9.17) is 9.47 Å². The van der Waals surface area contributed by atoms with Crippen molar-refractivity contribution in [2.24, 2.45) is 0 Å². The first kappa shape index (κ1) is 18.7. The molecule has 0 amide bonds. The highest BCUT2D eigenvalue weighted by Gasteiger charge is 2.21. The molecule has 8 nitrogen and oxygen atoms in total. The lowest BCUT2D eigenvalue weighted by Gasteiger charge is -2.16. The predicted molar refractivity (Wildman–Crippen MR) is 91.4 cm³/mol. The molecule has 0 fully saturated rings. The van der Waals surface area contributed by atoms with E-state index in [0.717, 1.165) is 6.07 Å². The molecule has 1 atom stereocenters. The number of benzene rings is 2. The number of nitro benzene ring substituents is 1. The van der Waals surface area contributed by atoms with Gasteiger partial charge in [0.15, 0.2) is 11.5 Å². The zero-order valence-corrected chi connectivity index (χ0v) is 14.7. The van der Waals surface area contributed by atoms with Crippen LogP contribution in [0, 0.1) is 10.1 Å². The summed E-state index contributed by atoms with van der Waals surface area (Å²) in [4.78, 5) is 10.0. The third kappa shape index (κ3) is 4.25. The van der Waals surface area contributed by atoms with Crippen LogP contribution in [0.2, 0.25) is 0 Å². The molecule has 0 heterocycles. The van der Waals surface area contributed by atoms with Gasteiger partial charge < -0.3 is 9.47 Å². The van der Waals surface area contributed by atoms with Crippen LogP contribution in [0.15, 0.2) is 47.4 Å². The molecule has 0 spiro atoms. The first-order chi connectivity index (χ1) is 11.8. The third-order valence-electron chi connectivity index (χ3n) is 3.58. The van der Waals surface area contributed by atoms with Gasteiger partial charge in [-0.25, -0.2) is 13.1 Å². The minimum atomic E-state index is -3.93. The summed E-state index contributed by atoms with van der Waals surface area (Å²) in [6, 6.07) is 9.35. The van der Waals surface area contributed by atoms with Gasteiger partial charge in [-0.05, 0) is 30.7 Å². The van der Waals surface area contributed by atoms with Crippen LogP contribution in [0.25, 0.3) is 0 Å². The van der Waals surface area contributed by atoms with Gasteiger partial charge in [0.2, 0.25) is 10.0 Å². The highest BCUT2D eigenvalue weighted by molar-refractivity contribution is 7.89. The molecule has 1 N–H and O–H groups in total. The largest absolute Gasteiger partial charge is 0.493 e. The standard InChI is InChI=1S/C16H18N2O6S/c1-11(12-7-8-15(23-2)16(9-12)24-3)17-25(21,22)14-6-4-5-13(10-14)18(19)20/h4-11,17H,1-3H3. The quantitative estimate of drug-likeness (QED) is 0.596. The molecule has 0 radical (unpaired) electrons. The molecular formula is C16H18N2O6S. The molecule has 2 rings (SSSR count). The minimum absolute atomic E-state index is 0.172. The Morgan fingerprint density at radius 1 is 1.08 bits per heavy atom. The summed E-state index contributed by atoms with van der Waals surface area (Å²) in [7, 11) is -0.934. The molecule has 0 saturated heterocycles. The van der Waals surface area contributed by atoms with E-state index >= 15 is 0 Å². The SMILES string of the molecule is COc1ccc(C(C)NS(=O)(=O)c2cccc([N+](=O)[O-])c2)cc1OC. The summed E-state index contributed by atoms with van der Waals surface area (Å²) in [5.41, 5.74) is 0.369. The van der Waals surface area contributed by atoms with Crippen molar-refractivity contribution < 1.29 is 22.8 Å². The molecule has 0 aliphatic rings. The van der Waals surface area contributed by atoms with Crippen LogP contribution < -0.4 is 14.2 Å². The van der Waals surface area contributed by atoms with Gasteiger partial charge in [-0.1, -0.05) is 12.1 Å². The number of sulfonamides is 1. The fraction of sp³-hybridized carbons (Fsp3) is 0.250. The predicted octanol–water partition coefficient (Wildman–Crippen LogP) is 2.65. The van der Waals surface area contributed by atoms with Crippen molar-refractivity contribution in [2.75, 3.05) is 14.2 Å². The van der Waals surface area contributed by atoms with E-state index < -0.39 is 21.0 Å². The number of ether oxygens (including phenoxy) is 2. The van der Waals surface area contributed by atoms with Gasteiger partial charge in [0.1, 0.15) is 0 Å². The van der Waals surface area contributed by atoms with Crippen molar-refractivity contribution >= 4 is 15.7 Å². The second-order valence-electron chi connectivity index (χ2n) is 5.21. The van der Waals surface area contributed by atoms with Gasteiger partial charge in [0.05, 0.1) is 24.0 Å². The Morgan fingerprint density at radius 3 is 2.36 bits per heavy atom. The van der Waals surface area contributed by atoms with Crippen LogP contribution in [-0.2, 0) is 10.0 Å². The maximum absolute atomic E-state index is 12.5. The average Bonchev–Trinajstić information content (AvgIpc) is 2.60. The number of nitro groups is 1. The molecule has 1 unspecified atom stereocenters. The second-order valence-corrected chi connectivity index (χ2v) is 6.93. The Bertz CT molecular complexity index is 882. The Hall–Kier alpha value is -2.65. The molecule has 2 aromatic carbocycles. The van der Waals surface area contributed by atoms with Crippen molar-refractivity contribution in [3.8, 4) is 11.5 Å². The van der Waals surface area contributed by atoms with E-state index in [2.05, 4.69) is 4.72 Å². The molecule has 0 aliphatic heterocycles. The smallest absolute Gasteiger partial charge is 0.270 e. The van der Waals surface area contributed by atoms with E-state index in [-0.39, 0.29) is 10.6 Å². The molecule has 0 bridgehead atoms. The van der Waals surface area contributed by atoms with Gasteiger partial charge in [-0.15, -0.1) is 0 Å². The van der Waals surface area contributed by atoms with Crippen molar-refractivity contribution in [2.45, 2.75) is 17.9 Å². The van der Waals surface area contributed by atoms with Gasteiger partial charge >= 0.3 is 0 Å². The monoisotopic (exact) mass is 366 g/mol. The molecule has 0 saturated carbocycles. The van der Waals surface area contributed by atoms with E-state index in [9.17, 15) is 18.5 Å². The van der Waals surface area contributed by atoms with Crippen LogP contribution in [-0.4, -0.2) is 27.6 Å². The number of hydrogen-bond donors (Lipinski definition) is 1. The van der Waals surface area contributed by atoms with Crippen molar-refractivity contribution in [3.63, 3.8) is 0 Å². The molecule has 134 valence electrons. The molecule has 0 aromatic heterocycles. The van der Waals surface area contributed by atoms with Crippen molar-refractivity contribution in [3.05, 3.63) is 58.1 Å². The Kier molecular flexibility index (Phi) is 5.60. The van der Waals surface area contributed by atoms with E-state index in [1.54, 1.807) is 25.1 Å². The number of nitrogens with one attached hydrogen (secondary N) is 1. The summed E-state index contributed by atoms with van der Waals surface area (Å²) in [6.45, 7) is 1.66. The normalized spacial score (nSPS) is 12.4. The highest BCUT2D eigenvalue weighted by atomic mass is 32.2. The second kappa shape index (κ2) is 7.49. The maximum atomic E-state index is 12.5. The van der Waals surface area contributed by atoms with Crippen molar-refractivity contribution in [1.29, 1.82) is 0 Å². The van der Waals surface area contributed by atoms with Gasteiger partial charge in [0.25, 0.3) is 5.69 Å². The fourth-order valence-corrected chi connectivity index (χ4v) is 3.53. The van der Waals surface area contributed by atoms with E-state index in [1.165, 1.54) is 32.4 Å². The lowest BCUT2D eigenvalue weighted by Crippen LogP contribution is -2.27. The first-order valence-corrected chi connectivity index (χ1v) is 8.75. The number of rotatable bonds is 7. The lowest BCUT2D eigenvalue weighted by atomic mass is 10.1. The van der Waals surface area contributed by atoms with Gasteiger partial charge in [-0.2, -0.15) is 0 Å². The maximum Gasteiger partial charge on any atom is 0.270 e. The molecule has 9 heteroatoms. The Balaban J connectivity index is 2.28.